The van der Waals surface area contributed by atoms with Crippen LogP contribution in [0.1, 0.15) is 39.4 Å². The highest BCUT2D eigenvalue weighted by molar-refractivity contribution is 5.09. The first-order chi connectivity index (χ1) is 8.56. The Morgan fingerprint density at radius 2 is 1.94 bits per heavy atom. The van der Waals surface area contributed by atoms with Gasteiger partial charge in [0.1, 0.15) is 5.82 Å². The van der Waals surface area contributed by atoms with Crippen molar-refractivity contribution in [2.45, 2.75) is 39.8 Å². The zero-order chi connectivity index (χ0) is 13.5. The standard InChI is InChI=1S/C14H24FN3/c1-5-18(6-2)10-11(3)17-12(4)14-8-7-13(15)9-16-14/h7-9,11-12,17H,5-6,10H2,1-4H3. The summed E-state index contributed by atoms with van der Waals surface area (Å²) >= 11 is 0. The Morgan fingerprint density at radius 3 is 2.44 bits per heavy atom. The molecule has 0 saturated heterocycles. The van der Waals surface area contributed by atoms with Crippen molar-refractivity contribution in [3.8, 4) is 0 Å². The molecule has 0 bridgehead atoms. The van der Waals surface area contributed by atoms with E-state index in [4.69, 9.17) is 0 Å². The number of nitrogens with zero attached hydrogens (tertiary/aromatic N) is 2. The molecular weight excluding hydrogens is 229 g/mol. The number of rotatable bonds is 7. The van der Waals surface area contributed by atoms with E-state index < -0.39 is 0 Å². The molecule has 18 heavy (non-hydrogen) atoms. The highest BCUT2D eigenvalue weighted by atomic mass is 19.1. The summed E-state index contributed by atoms with van der Waals surface area (Å²) in [5.41, 5.74) is 0.878. The molecule has 3 nitrogen and oxygen atoms in total. The van der Waals surface area contributed by atoms with E-state index in [1.54, 1.807) is 6.07 Å². The van der Waals surface area contributed by atoms with Crippen LogP contribution in [-0.4, -0.2) is 35.6 Å². The van der Waals surface area contributed by atoms with Crippen LogP contribution in [0.2, 0.25) is 0 Å². The summed E-state index contributed by atoms with van der Waals surface area (Å²) in [6, 6.07) is 3.70. The van der Waals surface area contributed by atoms with Gasteiger partial charge in [-0.1, -0.05) is 13.8 Å². The van der Waals surface area contributed by atoms with Gasteiger partial charge >= 0.3 is 0 Å². The fraction of sp³-hybridized carbons (Fsp3) is 0.643. The first-order valence-corrected chi connectivity index (χ1v) is 6.66. The molecule has 0 radical (unpaired) electrons. The van der Waals surface area contributed by atoms with Crippen molar-refractivity contribution in [1.29, 1.82) is 0 Å². The minimum Gasteiger partial charge on any atom is -0.305 e. The lowest BCUT2D eigenvalue weighted by Gasteiger charge is -2.26. The van der Waals surface area contributed by atoms with Gasteiger partial charge in [-0.05, 0) is 39.1 Å². The van der Waals surface area contributed by atoms with E-state index in [1.165, 1.54) is 12.3 Å². The van der Waals surface area contributed by atoms with Crippen molar-refractivity contribution in [2.24, 2.45) is 0 Å². The lowest BCUT2D eigenvalue weighted by molar-refractivity contribution is 0.263. The fourth-order valence-corrected chi connectivity index (χ4v) is 2.08. The minimum absolute atomic E-state index is 0.135. The van der Waals surface area contributed by atoms with Crippen LogP contribution in [0.15, 0.2) is 18.3 Å². The molecule has 2 unspecified atom stereocenters. The van der Waals surface area contributed by atoms with Gasteiger partial charge in [-0.2, -0.15) is 0 Å². The molecule has 1 aromatic rings. The normalized spacial score (nSPS) is 14.8. The van der Waals surface area contributed by atoms with Gasteiger partial charge in [0.25, 0.3) is 0 Å². The third kappa shape index (κ3) is 4.70. The number of hydrogen-bond acceptors (Lipinski definition) is 3. The molecule has 4 heteroatoms. The monoisotopic (exact) mass is 253 g/mol. The first-order valence-electron chi connectivity index (χ1n) is 6.66. The van der Waals surface area contributed by atoms with E-state index in [1.807, 2.05) is 0 Å². The summed E-state index contributed by atoms with van der Waals surface area (Å²) in [4.78, 5) is 6.48. The van der Waals surface area contributed by atoms with E-state index in [2.05, 4.69) is 42.9 Å². The molecule has 0 aliphatic rings. The SMILES string of the molecule is CCN(CC)CC(C)NC(C)c1ccc(F)cn1. The molecule has 0 spiro atoms. The van der Waals surface area contributed by atoms with E-state index in [0.717, 1.165) is 25.3 Å². The van der Waals surface area contributed by atoms with Gasteiger partial charge in [0.15, 0.2) is 0 Å². The number of pyridine rings is 1. The molecule has 0 fully saturated rings. The zero-order valence-electron chi connectivity index (χ0n) is 11.8. The van der Waals surface area contributed by atoms with E-state index in [-0.39, 0.29) is 11.9 Å². The lowest BCUT2D eigenvalue weighted by Crippen LogP contribution is -2.40. The summed E-state index contributed by atoms with van der Waals surface area (Å²) in [6.45, 7) is 11.7. The van der Waals surface area contributed by atoms with Gasteiger partial charge in [0, 0.05) is 18.6 Å². The maximum atomic E-state index is 12.8. The maximum absolute atomic E-state index is 12.8. The van der Waals surface area contributed by atoms with E-state index >= 15 is 0 Å². The fourth-order valence-electron chi connectivity index (χ4n) is 2.08. The van der Waals surface area contributed by atoms with Crippen molar-refractivity contribution in [3.05, 3.63) is 29.8 Å². The average molecular weight is 253 g/mol. The first kappa shape index (κ1) is 15.1. The van der Waals surface area contributed by atoms with Crippen molar-refractivity contribution < 1.29 is 4.39 Å². The minimum atomic E-state index is -0.290. The molecular formula is C14H24FN3. The smallest absolute Gasteiger partial charge is 0.141 e. The lowest BCUT2D eigenvalue weighted by atomic mass is 10.2. The largest absolute Gasteiger partial charge is 0.305 e. The summed E-state index contributed by atoms with van der Waals surface area (Å²) in [6.07, 6.45) is 1.27. The van der Waals surface area contributed by atoms with Crippen molar-refractivity contribution in [2.75, 3.05) is 19.6 Å². The molecule has 1 rings (SSSR count). The van der Waals surface area contributed by atoms with Gasteiger partial charge < -0.3 is 10.2 Å². The summed E-state index contributed by atoms with van der Waals surface area (Å²) < 4.78 is 12.8. The molecule has 2 atom stereocenters. The second-order valence-electron chi connectivity index (χ2n) is 4.68. The van der Waals surface area contributed by atoms with Crippen LogP contribution in [-0.2, 0) is 0 Å². The Kier molecular flexibility index (Phi) is 6.22. The van der Waals surface area contributed by atoms with E-state index in [0.29, 0.717) is 6.04 Å². The number of nitrogens with one attached hydrogen (secondary N) is 1. The van der Waals surface area contributed by atoms with Crippen molar-refractivity contribution >= 4 is 0 Å². The van der Waals surface area contributed by atoms with E-state index in [9.17, 15) is 4.39 Å². The molecule has 0 aliphatic heterocycles. The Hall–Kier alpha value is -1.00. The average Bonchev–Trinajstić information content (AvgIpc) is 2.36. The van der Waals surface area contributed by atoms with Crippen LogP contribution < -0.4 is 5.32 Å². The predicted octanol–water partition coefficient (Wildman–Crippen LogP) is 2.60. The number of aromatic nitrogens is 1. The molecule has 0 amide bonds. The molecule has 1 aromatic heterocycles. The van der Waals surface area contributed by atoms with Gasteiger partial charge in [0.2, 0.25) is 0 Å². The Balaban J connectivity index is 2.48. The second-order valence-corrected chi connectivity index (χ2v) is 4.68. The zero-order valence-corrected chi connectivity index (χ0v) is 11.8. The highest BCUT2D eigenvalue weighted by Crippen LogP contribution is 2.10. The predicted molar refractivity (Wildman–Crippen MR) is 73.0 cm³/mol. The number of likely N-dealkylation sites (N-methyl/N-ethyl adjacent to an activating group) is 1. The third-order valence-electron chi connectivity index (χ3n) is 3.15. The van der Waals surface area contributed by atoms with Crippen molar-refractivity contribution in [3.63, 3.8) is 0 Å². The molecule has 0 aromatic carbocycles. The molecule has 1 heterocycles. The quantitative estimate of drug-likeness (QED) is 0.809. The molecule has 102 valence electrons. The number of hydrogen-bond donors (Lipinski definition) is 1. The van der Waals surface area contributed by atoms with Crippen LogP contribution in [0.25, 0.3) is 0 Å². The molecule has 0 saturated carbocycles. The number of halogens is 1. The van der Waals surface area contributed by atoms with Crippen molar-refractivity contribution in [1.82, 2.24) is 15.2 Å². The Bertz CT molecular complexity index is 335. The third-order valence-corrected chi connectivity index (χ3v) is 3.15. The van der Waals surface area contributed by atoms with Crippen LogP contribution in [0.4, 0.5) is 4.39 Å². The highest BCUT2D eigenvalue weighted by Gasteiger charge is 2.12. The topological polar surface area (TPSA) is 28.2 Å². The summed E-state index contributed by atoms with van der Waals surface area (Å²) in [5, 5.41) is 3.49. The van der Waals surface area contributed by atoms with Gasteiger partial charge in [0.05, 0.1) is 11.9 Å². The summed E-state index contributed by atoms with van der Waals surface area (Å²) in [7, 11) is 0. The summed E-state index contributed by atoms with van der Waals surface area (Å²) in [5.74, 6) is -0.290. The van der Waals surface area contributed by atoms with Crippen LogP contribution in [0.3, 0.4) is 0 Å². The Morgan fingerprint density at radius 1 is 1.28 bits per heavy atom. The second kappa shape index (κ2) is 7.44. The molecule has 1 N–H and O–H groups in total. The van der Waals surface area contributed by atoms with Gasteiger partial charge in [-0.25, -0.2) is 4.39 Å². The van der Waals surface area contributed by atoms with Gasteiger partial charge in [-0.3, -0.25) is 4.98 Å². The molecule has 0 aliphatic carbocycles. The van der Waals surface area contributed by atoms with Crippen LogP contribution >= 0.6 is 0 Å². The van der Waals surface area contributed by atoms with Crippen LogP contribution in [0, 0.1) is 5.82 Å². The van der Waals surface area contributed by atoms with Gasteiger partial charge in [-0.15, -0.1) is 0 Å². The maximum Gasteiger partial charge on any atom is 0.141 e. The Labute approximate surface area is 109 Å². The van der Waals surface area contributed by atoms with Crippen LogP contribution in [0.5, 0.6) is 0 Å².